The van der Waals surface area contributed by atoms with E-state index in [2.05, 4.69) is 47.3 Å². The van der Waals surface area contributed by atoms with Crippen molar-refractivity contribution in [1.82, 2.24) is 19.6 Å². The lowest BCUT2D eigenvalue weighted by molar-refractivity contribution is 0.0339. The second-order valence-corrected chi connectivity index (χ2v) is 6.96. The van der Waals surface area contributed by atoms with Crippen LogP contribution in [0.15, 0.2) is 0 Å². The van der Waals surface area contributed by atoms with Crippen molar-refractivity contribution in [2.75, 3.05) is 105 Å². The van der Waals surface area contributed by atoms with Crippen molar-refractivity contribution in [2.45, 2.75) is 27.7 Å². The lowest BCUT2D eigenvalue weighted by atomic mass is 10.4. The molecule has 1 saturated heterocycles. The highest BCUT2D eigenvalue weighted by atomic mass is 16.5. The molecule has 0 aliphatic carbocycles. The lowest BCUT2D eigenvalue weighted by Gasteiger charge is -2.29. The molecule has 1 aliphatic heterocycles. The lowest BCUT2D eigenvalue weighted by Crippen LogP contribution is -2.41. The van der Waals surface area contributed by atoms with Gasteiger partial charge in [-0.3, -0.25) is 9.80 Å². The minimum atomic E-state index is 0.822. The van der Waals surface area contributed by atoms with Crippen LogP contribution in [0, 0.1) is 0 Å². The summed E-state index contributed by atoms with van der Waals surface area (Å²) in [6.07, 6.45) is 0. The molecule has 0 aromatic rings. The first-order valence-electron chi connectivity index (χ1n) is 10.8. The van der Waals surface area contributed by atoms with Crippen molar-refractivity contribution in [1.29, 1.82) is 0 Å². The molecule has 0 atom stereocenters. The number of hydrogen-bond acceptors (Lipinski definition) is 6. The molecule has 26 heavy (non-hydrogen) atoms. The van der Waals surface area contributed by atoms with Gasteiger partial charge < -0.3 is 19.3 Å². The van der Waals surface area contributed by atoms with Crippen molar-refractivity contribution >= 4 is 0 Å². The predicted octanol–water partition coefficient (Wildman–Crippen LogP) is 1.32. The van der Waals surface area contributed by atoms with Gasteiger partial charge in [0.05, 0.1) is 26.4 Å². The smallest absolute Gasteiger partial charge is 0.0594 e. The fourth-order valence-corrected chi connectivity index (χ4v) is 3.29. The molecule has 1 fully saturated rings. The number of rotatable bonds is 10. The second kappa shape index (κ2) is 15.8. The van der Waals surface area contributed by atoms with Gasteiger partial charge in [0, 0.05) is 52.4 Å². The topological polar surface area (TPSA) is 31.4 Å². The van der Waals surface area contributed by atoms with E-state index in [1.165, 1.54) is 0 Å². The van der Waals surface area contributed by atoms with Gasteiger partial charge in [0.2, 0.25) is 0 Å². The third kappa shape index (κ3) is 10.8. The van der Waals surface area contributed by atoms with Crippen LogP contribution < -0.4 is 0 Å². The van der Waals surface area contributed by atoms with Crippen molar-refractivity contribution in [3.05, 3.63) is 0 Å². The summed E-state index contributed by atoms with van der Waals surface area (Å²) >= 11 is 0. The van der Waals surface area contributed by atoms with Crippen LogP contribution in [-0.4, -0.2) is 125 Å². The van der Waals surface area contributed by atoms with E-state index < -0.39 is 0 Å². The molecular weight excluding hydrogens is 328 g/mol. The van der Waals surface area contributed by atoms with E-state index in [0.717, 1.165) is 105 Å². The highest BCUT2D eigenvalue weighted by molar-refractivity contribution is 4.65. The van der Waals surface area contributed by atoms with Crippen LogP contribution >= 0.6 is 0 Å². The molecule has 0 radical (unpaired) electrons. The molecule has 0 aromatic carbocycles. The Bertz CT molecular complexity index is 270. The van der Waals surface area contributed by atoms with Gasteiger partial charge in [0.1, 0.15) is 0 Å². The maximum absolute atomic E-state index is 5.93. The fourth-order valence-electron chi connectivity index (χ4n) is 3.29. The molecule has 0 N–H and O–H groups in total. The minimum absolute atomic E-state index is 0.822. The number of nitrogens with zero attached hydrogens (tertiary/aromatic N) is 4. The van der Waals surface area contributed by atoms with Crippen molar-refractivity contribution < 1.29 is 9.47 Å². The molecule has 0 bridgehead atoms. The molecule has 1 aliphatic rings. The molecule has 0 saturated carbocycles. The summed E-state index contributed by atoms with van der Waals surface area (Å²) < 4.78 is 11.9. The van der Waals surface area contributed by atoms with E-state index in [1.54, 1.807) is 0 Å². The molecule has 156 valence electrons. The van der Waals surface area contributed by atoms with Gasteiger partial charge in [-0.2, -0.15) is 0 Å². The van der Waals surface area contributed by atoms with E-state index >= 15 is 0 Å². The van der Waals surface area contributed by atoms with Crippen LogP contribution in [0.3, 0.4) is 0 Å². The molecular formula is C20H44N4O2. The van der Waals surface area contributed by atoms with E-state index in [4.69, 9.17) is 9.47 Å². The zero-order valence-corrected chi connectivity index (χ0v) is 17.9. The summed E-state index contributed by atoms with van der Waals surface area (Å²) in [5.41, 5.74) is 0. The maximum atomic E-state index is 5.93. The largest absolute Gasteiger partial charge is 0.379 e. The fraction of sp³-hybridized carbons (Fsp3) is 1.00. The molecule has 6 heteroatoms. The van der Waals surface area contributed by atoms with Crippen LogP contribution in [0.25, 0.3) is 0 Å². The Hall–Kier alpha value is -0.240. The third-order valence-corrected chi connectivity index (χ3v) is 5.46. The van der Waals surface area contributed by atoms with Crippen molar-refractivity contribution in [2.24, 2.45) is 0 Å². The van der Waals surface area contributed by atoms with Gasteiger partial charge in [0.25, 0.3) is 0 Å². The molecule has 1 heterocycles. The number of likely N-dealkylation sites (N-methyl/N-ethyl adjacent to an activating group) is 2. The van der Waals surface area contributed by atoms with Crippen LogP contribution in [0.1, 0.15) is 27.7 Å². The number of ether oxygens (including phenoxy) is 2. The van der Waals surface area contributed by atoms with Crippen LogP contribution in [0.5, 0.6) is 0 Å². The van der Waals surface area contributed by atoms with Crippen molar-refractivity contribution in [3.8, 4) is 0 Å². The van der Waals surface area contributed by atoms with Crippen LogP contribution in [0.4, 0.5) is 0 Å². The van der Waals surface area contributed by atoms with E-state index in [-0.39, 0.29) is 0 Å². The Kier molecular flexibility index (Phi) is 14.4. The average molecular weight is 373 g/mol. The maximum Gasteiger partial charge on any atom is 0.0594 e. The molecule has 0 aromatic heterocycles. The first-order chi connectivity index (χ1) is 12.7. The zero-order chi connectivity index (χ0) is 19.0. The van der Waals surface area contributed by atoms with Crippen molar-refractivity contribution in [3.63, 3.8) is 0 Å². The highest BCUT2D eigenvalue weighted by Gasteiger charge is 2.11. The number of hydrogen-bond donors (Lipinski definition) is 0. The molecule has 0 spiro atoms. The summed E-state index contributed by atoms with van der Waals surface area (Å²) in [4.78, 5) is 9.92. The molecule has 6 nitrogen and oxygen atoms in total. The normalized spacial score (nSPS) is 19.6. The Morgan fingerprint density at radius 2 is 0.885 bits per heavy atom. The molecule has 0 unspecified atom stereocenters. The minimum Gasteiger partial charge on any atom is -0.379 e. The van der Waals surface area contributed by atoms with Gasteiger partial charge in [-0.15, -0.1) is 0 Å². The molecule has 1 rings (SSSR count). The van der Waals surface area contributed by atoms with Crippen LogP contribution in [0.2, 0.25) is 0 Å². The average Bonchev–Trinajstić information content (AvgIpc) is 2.66. The summed E-state index contributed by atoms with van der Waals surface area (Å²) in [5.74, 6) is 0. The Balaban J connectivity index is 2.33. The van der Waals surface area contributed by atoms with Gasteiger partial charge in [0.15, 0.2) is 0 Å². The predicted molar refractivity (Wildman–Crippen MR) is 110 cm³/mol. The SMILES string of the molecule is CCN(CC)CCN1CCOCCN(CCN(CC)CC)CCOCC1. The Labute approximate surface area is 162 Å². The monoisotopic (exact) mass is 372 g/mol. The summed E-state index contributed by atoms with van der Waals surface area (Å²) in [5, 5.41) is 0. The summed E-state index contributed by atoms with van der Waals surface area (Å²) in [6.45, 7) is 25.2. The first-order valence-corrected chi connectivity index (χ1v) is 10.8. The quantitative estimate of drug-likeness (QED) is 0.575. The van der Waals surface area contributed by atoms with E-state index in [9.17, 15) is 0 Å². The Morgan fingerprint density at radius 3 is 1.15 bits per heavy atom. The highest BCUT2D eigenvalue weighted by Crippen LogP contribution is 1.98. The third-order valence-electron chi connectivity index (χ3n) is 5.46. The van der Waals surface area contributed by atoms with Crippen LogP contribution in [-0.2, 0) is 9.47 Å². The van der Waals surface area contributed by atoms with E-state index in [1.807, 2.05) is 0 Å². The second-order valence-electron chi connectivity index (χ2n) is 6.96. The Morgan fingerprint density at radius 1 is 0.577 bits per heavy atom. The van der Waals surface area contributed by atoms with Gasteiger partial charge in [-0.1, -0.05) is 27.7 Å². The summed E-state index contributed by atoms with van der Waals surface area (Å²) in [7, 11) is 0. The van der Waals surface area contributed by atoms with Gasteiger partial charge in [-0.05, 0) is 26.2 Å². The molecule has 0 amide bonds. The standard InChI is InChI=1S/C20H44N4O2/c1-5-21(6-2)9-11-23-13-17-25-19-15-24(16-20-26-18-14-23)12-10-22(7-3)8-4/h5-20H2,1-4H3. The van der Waals surface area contributed by atoms with E-state index in [0.29, 0.717) is 0 Å². The van der Waals surface area contributed by atoms with Gasteiger partial charge in [-0.25, -0.2) is 0 Å². The zero-order valence-electron chi connectivity index (χ0n) is 17.9. The first kappa shape index (κ1) is 23.8. The summed E-state index contributed by atoms with van der Waals surface area (Å²) in [6, 6.07) is 0. The van der Waals surface area contributed by atoms with Gasteiger partial charge >= 0.3 is 0 Å².